The molecule has 5 nitrogen and oxygen atoms in total. The Kier molecular flexibility index (Phi) is 4.35. The van der Waals surface area contributed by atoms with E-state index in [2.05, 4.69) is 5.32 Å². The molecule has 0 radical (unpaired) electrons. The lowest BCUT2D eigenvalue weighted by atomic mass is 10.2. The minimum atomic E-state index is -0.404. The van der Waals surface area contributed by atoms with Crippen LogP contribution in [0, 0.1) is 0 Å². The van der Waals surface area contributed by atoms with E-state index in [1.54, 1.807) is 12.2 Å². The van der Waals surface area contributed by atoms with E-state index in [0.717, 1.165) is 6.07 Å². The van der Waals surface area contributed by atoms with Gasteiger partial charge in [-0.2, -0.15) is 0 Å². The van der Waals surface area contributed by atoms with E-state index in [4.69, 9.17) is 10.8 Å². The quantitative estimate of drug-likeness (QED) is 0.552. The maximum absolute atomic E-state index is 11.5. The number of phenols is 2. The average Bonchev–Trinajstić information content (AvgIpc) is 2.24. The Balaban J connectivity index is 2.63. The van der Waals surface area contributed by atoms with Crippen LogP contribution < -0.4 is 11.1 Å². The van der Waals surface area contributed by atoms with Crippen LogP contribution in [0.15, 0.2) is 30.4 Å². The second-order valence-electron chi connectivity index (χ2n) is 3.12. The van der Waals surface area contributed by atoms with Crippen LogP contribution in [0.2, 0.25) is 0 Å². The van der Waals surface area contributed by atoms with Gasteiger partial charge in [0.25, 0.3) is 5.91 Å². The lowest BCUT2D eigenvalue weighted by Crippen LogP contribution is -2.23. The van der Waals surface area contributed by atoms with Gasteiger partial charge in [0.2, 0.25) is 0 Å². The Hall–Kier alpha value is -2.01. The average molecular weight is 222 g/mol. The predicted octanol–water partition coefficient (Wildman–Crippen LogP) is 0.342. The molecule has 0 saturated carbocycles. The number of rotatable bonds is 4. The fourth-order valence-corrected chi connectivity index (χ4v) is 1.14. The summed E-state index contributed by atoms with van der Waals surface area (Å²) in [7, 11) is 0. The maximum atomic E-state index is 11.5. The Bertz CT molecular complexity index is 402. The van der Waals surface area contributed by atoms with Crippen molar-refractivity contribution in [2.45, 2.75) is 0 Å². The predicted molar refractivity (Wildman–Crippen MR) is 60.3 cm³/mol. The molecule has 1 rings (SSSR count). The number of carbonyl (C=O) groups excluding carboxylic acids is 1. The minimum absolute atomic E-state index is 0.0860. The first kappa shape index (κ1) is 12.1. The third-order valence-corrected chi connectivity index (χ3v) is 1.91. The molecule has 0 atom stereocenters. The van der Waals surface area contributed by atoms with Gasteiger partial charge < -0.3 is 21.3 Å². The van der Waals surface area contributed by atoms with Crippen LogP contribution >= 0.6 is 0 Å². The normalized spacial score (nSPS) is 10.6. The Morgan fingerprint density at radius 3 is 2.75 bits per heavy atom. The van der Waals surface area contributed by atoms with Crippen molar-refractivity contribution in [3.05, 3.63) is 35.9 Å². The Morgan fingerprint density at radius 2 is 2.12 bits per heavy atom. The van der Waals surface area contributed by atoms with Crippen molar-refractivity contribution in [2.75, 3.05) is 13.1 Å². The number of benzene rings is 1. The molecule has 16 heavy (non-hydrogen) atoms. The number of carbonyl (C=O) groups is 1. The highest BCUT2D eigenvalue weighted by atomic mass is 16.3. The number of amides is 1. The van der Waals surface area contributed by atoms with Crippen molar-refractivity contribution in [3.8, 4) is 11.5 Å². The summed E-state index contributed by atoms with van der Waals surface area (Å²) in [5.74, 6) is -0.739. The molecule has 0 heterocycles. The van der Waals surface area contributed by atoms with Crippen LogP contribution in [0.4, 0.5) is 0 Å². The highest BCUT2D eigenvalue weighted by Gasteiger charge is 2.09. The zero-order valence-corrected chi connectivity index (χ0v) is 8.68. The van der Waals surface area contributed by atoms with Crippen molar-refractivity contribution in [1.82, 2.24) is 5.32 Å². The summed E-state index contributed by atoms with van der Waals surface area (Å²) in [5.41, 5.74) is 5.35. The number of hydrogen-bond donors (Lipinski definition) is 4. The largest absolute Gasteiger partial charge is 0.508 e. The van der Waals surface area contributed by atoms with E-state index in [0.29, 0.717) is 13.1 Å². The summed E-state index contributed by atoms with van der Waals surface area (Å²) < 4.78 is 0. The molecule has 0 aliphatic rings. The molecule has 1 amide bonds. The summed E-state index contributed by atoms with van der Waals surface area (Å²) in [6.45, 7) is 0.761. The van der Waals surface area contributed by atoms with Gasteiger partial charge in [0, 0.05) is 19.2 Å². The molecular formula is C11H14N2O3. The molecule has 0 bridgehead atoms. The van der Waals surface area contributed by atoms with Gasteiger partial charge in [0.1, 0.15) is 11.5 Å². The number of hydrogen-bond acceptors (Lipinski definition) is 4. The van der Waals surface area contributed by atoms with Gasteiger partial charge in [-0.15, -0.1) is 0 Å². The number of phenolic OH excluding ortho intramolecular Hbond substituents is 2. The molecule has 0 aliphatic heterocycles. The molecule has 0 saturated heterocycles. The lowest BCUT2D eigenvalue weighted by Gasteiger charge is -2.04. The van der Waals surface area contributed by atoms with Crippen molar-refractivity contribution in [3.63, 3.8) is 0 Å². The first-order chi connectivity index (χ1) is 7.65. The molecule has 1 aromatic rings. The van der Waals surface area contributed by atoms with E-state index in [-0.39, 0.29) is 17.1 Å². The van der Waals surface area contributed by atoms with Gasteiger partial charge in [0.15, 0.2) is 0 Å². The smallest absolute Gasteiger partial charge is 0.255 e. The molecule has 0 spiro atoms. The van der Waals surface area contributed by atoms with Crippen molar-refractivity contribution in [2.24, 2.45) is 5.73 Å². The van der Waals surface area contributed by atoms with Crippen LogP contribution in [0.5, 0.6) is 11.5 Å². The zero-order chi connectivity index (χ0) is 12.0. The molecule has 86 valence electrons. The molecule has 1 aromatic carbocycles. The van der Waals surface area contributed by atoms with Crippen LogP contribution in [-0.4, -0.2) is 29.2 Å². The van der Waals surface area contributed by atoms with E-state index in [1.807, 2.05) is 0 Å². The maximum Gasteiger partial charge on any atom is 0.255 e. The van der Waals surface area contributed by atoms with Gasteiger partial charge in [-0.1, -0.05) is 12.2 Å². The molecule has 5 heteroatoms. The van der Waals surface area contributed by atoms with Crippen LogP contribution in [0.1, 0.15) is 10.4 Å². The summed E-state index contributed by atoms with van der Waals surface area (Å²) in [6, 6.07) is 3.81. The van der Waals surface area contributed by atoms with Crippen molar-refractivity contribution in [1.29, 1.82) is 0 Å². The van der Waals surface area contributed by atoms with Gasteiger partial charge in [-0.05, 0) is 12.1 Å². The van der Waals surface area contributed by atoms with Crippen molar-refractivity contribution >= 4 is 5.91 Å². The Labute approximate surface area is 93.2 Å². The third kappa shape index (κ3) is 3.29. The highest BCUT2D eigenvalue weighted by molar-refractivity contribution is 5.97. The Morgan fingerprint density at radius 1 is 1.38 bits per heavy atom. The van der Waals surface area contributed by atoms with E-state index in [1.165, 1.54) is 12.1 Å². The molecule has 0 fully saturated rings. The summed E-state index contributed by atoms with van der Waals surface area (Å²) in [4.78, 5) is 11.5. The fraction of sp³-hybridized carbons (Fsp3) is 0.182. The third-order valence-electron chi connectivity index (χ3n) is 1.91. The van der Waals surface area contributed by atoms with E-state index >= 15 is 0 Å². The first-order valence-electron chi connectivity index (χ1n) is 4.80. The summed E-state index contributed by atoms with van der Waals surface area (Å²) >= 11 is 0. The highest BCUT2D eigenvalue weighted by Crippen LogP contribution is 2.22. The second kappa shape index (κ2) is 5.77. The molecular weight excluding hydrogens is 208 g/mol. The van der Waals surface area contributed by atoms with Crippen molar-refractivity contribution < 1.29 is 15.0 Å². The van der Waals surface area contributed by atoms with Gasteiger partial charge in [-0.3, -0.25) is 4.79 Å². The number of nitrogens with two attached hydrogens (primary N) is 1. The molecule has 0 unspecified atom stereocenters. The summed E-state index contributed by atoms with van der Waals surface area (Å²) in [5, 5.41) is 21.0. The summed E-state index contributed by atoms with van der Waals surface area (Å²) in [6.07, 6.45) is 3.44. The van der Waals surface area contributed by atoms with Gasteiger partial charge in [-0.25, -0.2) is 0 Å². The SMILES string of the molecule is NC/C=C/CNC(=O)c1ccc(O)cc1O. The monoisotopic (exact) mass is 222 g/mol. The van der Waals surface area contributed by atoms with E-state index in [9.17, 15) is 9.90 Å². The first-order valence-corrected chi connectivity index (χ1v) is 4.80. The topological polar surface area (TPSA) is 95.6 Å². The van der Waals surface area contributed by atoms with Crippen LogP contribution in [0.3, 0.4) is 0 Å². The lowest BCUT2D eigenvalue weighted by molar-refractivity contribution is 0.0955. The van der Waals surface area contributed by atoms with Crippen LogP contribution in [-0.2, 0) is 0 Å². The van der Waals surface area contributed by atoms with Gasteiger partial charge in [0.05, 0.1) is 5.56 Å². The van der Waals surface area contributed by atoms with Crippen LogP contribution in [0.25, 0.3) is 0 Å². The van der Waals surface area contributed by atoms with Gasteiger partial charge >= 0.3 is 0 Å². The number of nitrogens with one attached hydrogen (secondary N) is 1. The second-order valence-corrected chi connectivity index (χ2v) is 3.12. The fourth-order valence-electron chi connectivity index (χ4n) is 1.14. The molecule has 5 N–H and O–H groups in total. The van der Waals surface area contributed by atoms with E-state index < -0.39 is 5.91 Å². The molecule has 0 aromatic heterocycles. The minimum Gasteiger partial charge on any atom is -0.508 e. The standard InChI is InChI=1S/C11H14N2O3/c12-5-1-2-6-13-11(16)9-4-3-8(14)7-10(9)15/h1-4,7,14-15H,5-6,12H2,(H,13,16)/b2-1+. The number of aromatic hydroxyl groups is 2. The zero-order valence-electron chi connectivity index (χ0n) is 8.68. The molecule has 0 aliphatic carbocycles.